The number of hydrogen-bond acceptors (Lipinski definition) is 3. The molecule has 0 amide bonds. The van der Waals surface area contributed by atoms with E-state index < -0.39 is 23.2 Å². The van der Waals surface area contributed by atoms with Crippen molar-refractivity contribution in [2.24, 2.45) is 5.73 Å². The third-order valence-electron chi connectivity index (χ3n) is 2.65. The highest BCUT2D eigenvalue weighted by Gasteiger charge is 2.13. The summed E-state index contributed by atoms with van der Waals surface area (Å²) in [7, 11) is 0. The maximum absolute atomic E-state index is 13.7. The van der Waals surface area contributed by atoms with Crippen LogP contribution in [0.2, 0.25) is 0 Å². The van der Waals surface area contributed by atoms with Gasteiger partial charge >= 0.3 is 0 Å². The standard InChI is InChI=1S/C15H14F2N2O2/c16-12-8-10(15(18)19)9-13(17)14(12)21-7-6-20-11-4-2-1-3-5-11/h1-5,8-9H,6-7H2,(H3,18,19). The van der Waals surface area contributed by atoms with Gasteiger partial charge in [0.25, 0.3) is 0 Å². The van der Waals surface area contributed by atoms with Gasteiger partial charge in [0.15, 0.2) is 17.4 Å². The van der Waals surface area contributed by atoms with E-state index >= 15 is 0 Å². The van der Waals surface area contributed by atoms with Gasteiger partial charge in [0, 0.05) is 5.56 Å². The van der Waals surface area contributed by atoms with Crippen molar-refractivity contribution in [3.8, 4) is 11.5 Å². The number of rotatable bonds is 6. The van der Waals surface area contributed by atoms with Crippen LogP contribution in [0.1, 0.15) is 5.56 Å². The zero-order chi connectivity index (χ0) is 15.2. The van der Waals surface area contributed by atoms with Gasteiger partial charge in [-0.15, -0.1) is 0 Å². The molecule has 0 fully saturated rings. The molecule has 0 atom stereocenters. The molecule has 6 heteroatoms. The molecule has 110 valence electrons. The van der Waals surface area contributed by atoms with Crippen LogP contribution in [0.3, 0.4) is 0 Å². The second-order valence-electron chi connectivity index (χ2n) is 4.19. The molecule has 21 heavy (non-hydrogen) atoms. The summed E-state index contributed by atoms with van der Waals surface area (Å²) in [5, 5.41) is 7.15. The summed E-state index contributed by atoms with van der Waals surface area (Å²) in [6.07, 6.45) is 0. The largest absolute Gasteiger partial charge is 0.490 e. The number of para-hydroxylation sites is 1. The molecule has 0 radical (unpaired) electrons. The summed E-state index contributed by atoms with van der Waals surface area (Å²) in [4.78, 5) is 0. The Hall–Kier alpha value is -2.63. The molecule has 2 aromatic rings. The molecule has 0 saturated carbocycles. The van der Waals surface area contributed by atoms with Crippen LogP contribution in [0.25, 0.3) is 0 Å². The van der Waals surface area contributed by atoms with E-state index in [2.05, 4.69) is 0 Å². The Kier molecular flexibility index (Phi) is 4.71. The average Bonchev–Trinajstić information content (AvgIpc) is 2.46. The molecule has 2 rings (SSSR count). The van der Waals surface area contributed by atoms with Gasteiger partial charge in [-0.2, -0.15) is 0 Å². The van der Waals surface area contributed by atoms with Crippen molar-refractivity contribution in [2.45, 2.75) is 0 Å². The first-order valence-corrected chi connectivity index (χ1v) is 6.22. The second-order valence-corrected chi connectivity index (χ2v) is 4.19. The van der Waals surface area contributed by atoms with Gasteiger partial charge in [-0.05, 0) is 24.3 Å². The molecule has 0 aliphatic heterocycles. The van der Waals surface area contributed by atoms with Gasteiger partial charge in [0.05, 0.1) is 0 Å². The molecule has 0 saturated heterocycles. The van der Waals surface area contributed by atoms with Crippen molar-refractivity contribution in [2.75, 3.05) is 13.2 Å². The summed E-state index contributed by atoms with van der Waals surface area (Å²) in [5.41, 5.74) is 5.15. The number of nitrogen functional groups attached to an aromatic ring is 1. The third kappa shape index (κ3) is 3.92. The lowest BCUT2D eigenvalue weighted by Gasteiger charge is -2.10. The predicted molar refractivity (Wildman–Crippen MR) is 74.8 cm³/mol. The molecule has 0 heterocycles. The Morgan fingerprint density at radius 2 is 1.57 bits per heavy atom. The smallest absolute Gasteiger partial charge is 0.190 e. The van der Waals surface area contributed by atoms with Crippen LogP contribution in [0.15, 0.2) is 42.5 Å². The van der Waals surface area contributed by atoms with E-state index in [1.54, 1.807) is 12.1 Å². The van der Waals surface area contributed by atoms with Crippen LogP contribution in [-0.4, -0.2) is 19.0 Å². The van der Waals surface area contributed by atoms with Crippen LogP contribution in [0, 0.1) is 17.0 Å². The lowest BCUT2D eigenvalue weighted by Crippen LogP contribution is -2.14. The SMILES string of the molecule is N=C(N)c1cc(F)c(OCCOc2ccccc2)c(F)c1. The Morgan fingerprint density at radius 1 is 1.00 bits per heavy atom. The molecule has 0 bridgehead atoms. The number of hydrogen-bond donors (Lipinski definition) is 2. The monoisotopic (exact) mass is 292 g/mol. The first-order chi connectivity index (χ1) is 10.1. The molecule has 0 aliphatic carbocycles. The molecular formula is C15H14F2N2O2. The highest BCUT2D eigenvalue weighted by molar-refractivity contribution is 5.95. The Labute approximate surface area is 120 Å². The van der Waals surface area contributed by atoms with Gasteiger partial charge in [0.2, 0.25) is 0 Å². The first kappa shape index (κ1) is 14.8. The van der Waals surface area contributed by atoms with Crippen molar-refractivity contribution in [1.29, 1.82) is 5.41 Å². The Bertz CT molecular complexity index is 610. The first-order valence-electron chi connectivity index (χ1n) is 6.22. The lowest BCUT2D eigenvalue weighted by molar-refractivity contribution is 0.205. The minimum absolute atomic E-state index is 0.0118. The summed E-state index contributed by atoms with van der Waals surface area (Å²) in [5.74, 6) is -2.07. The van der Waals surface area contributed by atoms with Crippen LogP contribution in [-0.2, 0) is 0 Å². The predicted octanol–water partition coefficient (Wildman–Crippen LogP) is 2.71. The Morgan fingerprint density at radius 3 is 2.14 bits per heavy atom. The third-order valence-corrected chi connectivity index (χ3v) is 2.65. The van der Waals surface area contributed by atoms with E-state index in [9.17, 15) is 8.78 Å². The highest BCUT2D eigenvalue weighted by atomic mass is 19.1. The maximum Gasteiger partial charge on any atom is 0.190 e. The summed E-state index contributed by atoms with van der Waals surface area (Å²) >= 11 is 0. The van der Waals surface area contributed by atoms with Gasteiger partial charge in [-0.1, -0.05) is 18.2 Å². The summed E-state index contributed by atoms with van der Waals surface area (Å²) in [6, 6.07) is 10.9. The fourth-order valence-corrected chi connectivity index (χ4v) is 1.67. The van der Waals surface area contributed by atoms with E-state index in [1.165, 1.54) is 0 Å². The van der Waals surface area contributed by atoms with Gasteiger partial charge in [-0.3, -0.25) is 5.41 Å². The lowest BCUT2D eigenvalue weighted by atomic mass is 10.2. The van der Waals surface area contributed by atoms with Crippen LogP contribution < -0.4 is 15.2 Å². The zero-order valence-electron chi connectivity index (χ0n) is 11.1. The van der Waals surface area contributed by atoms with Crippen molar-refractivity contribution in [3.05, 3.63) is 59.7 Å². The Balaban J connectivity index is 1.93. The zero-order valence-corrected chi connectivity index (χ0v) is 11.1. The van der Waals surface area contributed by atoms with E-state index in [-0.39, 0.29) is 18.8 Å². The van der Waals surface area contributed by atoms with Crippen LogP contribution in [0.5, 0.6) is 11.5 Å². The van der Waals surface area contributed by atoms with Crippen molar-refractivity contribution >= 4 is 5.84 Å². The molecule has 0 unspecified atom stereocenters. The van der Waals surface area contributed by atoms with Crippen LogP contribution in [0.4, 0.5) is 8.78 Å². The fourth-order valence-electron chi connectivity index (χ4n) is 1.67. The van der Waals surface area contributed by atoms with Crippen molar-refractivity contribution in [1.82, 2.24) is 0 Å². The number of amidine groups is 1. The quantitative estimate of drug-likeness (QED) is 0.488. The fraction of sp³-hybridized carbons (Fsp3) is 0.133. The molecule has 0 aromatic heterocycles. The normalized spacial score (nSPS) is 10.2. The van der Waals surface area contributed by atoms with Crippen molar-refractivity contribution in [3.63, 3.8) is 0 Å². The molecule has 3 N–H and O–H groups in total. The molecular weight excluding hydrogens is 278 g/mol. The number of halogens is 2. The molecule has 0 spiro atoms. The van der Waals surface area contributed by atoms with E-state index in [4.69, 9.17) is 20.6 Å². The average molecular weight is 292 g/mol. The molecule has 0 aliphatic rings. The van der Waals surface area contributed by atoms with E-state index in [0.29, 0.717) is 5.75 Å². The minimum Gasteiger partial charge on any atom is -0.490 e. The van der Waals surface area contributed by atoms with Gasteiger partial charge < -0.3 is 15.2 Å². The van der Waals surface area contributed by atoms with Gasteiger partial charge in [-0.25, -0.2) is 8.78 Å². The molecule has 2 aromatic carbocycles. The summed E-state index contributed by atoms with van der Waals surface area (Å²) in [6.45, 7) is 0.138. The van der Waals surface area contributed by atoms with E-state index in [1.807, 2.05) is 18.2 Å². The number of ether oxygens (including phenoxy) is 2. The number of benzene rings is 2. The van der Waals surface area contributed by atoms with Crippen molar-refractivity contribution < 1.29 is 18.3 Å². The highest BCUT2D eigenvalue weighted by Crippen LogP contribution is 2.23. The van der Waals surface area contributed by atoms with Crippen LogP contribution >= 0.6 is 0 Å². The molecule has 4 nitrogen and oxygen atoms in total. The number of nitrogens with one attached hydrogen (secondary N) is 1. The van der Waals surface area contributed by atoms with Gasteiger partial charge in [0.1, 0.15) is 24.8 Å². The van der Waals surface area contributed by atoms with E-state index in [0.717, 1.165) is 12.1 Å². The maximum atomic E-state index is 13.7. The minimum atomic E-state index is -0.903. The number of nitrogens with two attached hydrogens (primary N) is 1. The summed E-state index contributed by atoms with van der Waals surface area (Å²) < 4.78 is 37.7. The topological polar surface area (TPSA) is 68.3 Å². The second kappa shape index (κ2) is 6.69.